The van der Waals surface area contributed by atoms with Crippen LogP contribution in [0, 0.1) is 6.92 Å². The Labute approximate surface area is 116 Å². The van der Waals surface area contributed by atoms with Crippen molar-refractivity contribution in [3.8, 4) is 11.3 Å². The summed E-state index contributed by atoms with van der Waals surface area (Å²) in [5.74, 6) is 1.52. The van der Waals surface area contributed by atoms with Crippen LogP contribution in [-0.4, -0.2) is 21.2 Å². The van der Waals surface area contributed by atoms with Crippen molar-refractivity contribution in [3.05, 3.63) is 36.2 Å². The summed E-state index contributed by atoms with van der Waals surface area (Å²) in [6.07, 6.45) is 2.46. The third-order valence-corrected chi connectivity index (χ3v) is 3.38. The van der Waals surface area contributed by atoms with E-state index >= 15 is 0 Å². The van der Waals surface area contributed by atoms with Crippen molar-refractivity contribution in [2.24, 2.45) is 0 Å². The zero-order valence-electron chi connectivity index (χ0n) is 11.1. The molecular weight excluding hydrogens is 252 g/mol. The Morgan fingerprint density at radius 3 is 2.80 bits per heavy atom. The summed E-state index contributed by atoms with van der Waals surface area (Å²) in [5.41, 5.74) is 3.48. The number of benzene rings is 1. The molecule has 1 aliphatic carbocycles. The van der Waals surface area contributed by atoms with Crippen LogP contribution in [0.15, 0.2) is 34.7 Å². The Bertz CT molecular complexity index is 759. The molecule has 2 aromatic heterocycles. The average molecular weight is 266 g/mol. The van der Waals surface area contributed by atoms with Gasteiger partial charge in [-0.1, -0.05) is 0 Å². The Kier molecular flexibility index (Phi) is 2.45. The SMILES string of the molecule is Cc1nc2cc(-c3ccc(NC4CC4)nn3)ccc2o1. The molecule has 5 nitrogen and oxygen atoms in total. The summed E-state index contributed by atoms with van der Waals surface area (Å²) >= 11 is 0. The number of fused-ring (bicyclic) bond motifs is 1. The molecule has 1 aromatic carbocycles. The van der Waals surface area contributed by atoms with E-state index in [0.717, 1.165) is 28.2 Å². The molecule has 1 fully saturated rings. The van der Waals surface area contributed by atoms with Crippen LogP contribution in [0.2, 0.25) is 0 Å². The van der Waals surface area contributed by atoms with E-state index in [2.05, 4.69) is 20.5 Å². The number of anilines is 1. The standard InChI is InChI=1S/C15H14N4O/c1-9-16-13-8-10(2-6-14(13)20-9)12-5-7-15(19-18-12)17-11-3-4-11/h2,5-8,11H,3-4H2,1H3,(H,17,19). The lowest BCUT2D eigenvalue weighted by atomic mass is 10.1. The normalized spacial score (nSPS) is 14.7. The number of rotatable bonds is 3. The molecule has 1 N–H and O–H groups in total. The number of nitrogens with zero attached hydrogens (tertiary/aromatic N) is 3. The minimum atomic E-state index is 0.588. The highest BCUT2D eigenvalue weighted by molar-refractivity contribution is 5.79. The van der Waals surface area contributed by atoms with Crippen LogP contribution in [0.3, 0.4) is 0 Å². The molecule has 2 heterocycles. The molecule has 0 bridgehead atoms. The quantitative estimate of drug-likeness (QED) is 0.788. The van der Waals surface area contributed by atoms with E-state index in [1.54, 1.807) is 0 Å². The molecule has 4 rings (SSSR count). The van der Waals surface area contributed by atoms with Crippen LogP contribution < -0.4 is 5.32 Å². The van der Waals surface area contributed by atoms with Gasteiger partial charge in [-0.3, -0.25) is 0 Å². The van der Waals surface area contributed by atoms with Gasteiger partial charge >= 0.3 is 0 Å². The fourth-order valence-corrected chi connectivity index (χ4v) is 2.20. The first-order chi connectivity index (χ1) is 9.78. The van der Waals surface area contributed by atoms with Crippen LogP contribution in [0.25, 0.3) is 22.4 Å². The zero-order valence-corrected chi connectivity index (χ0v) is 11.1. The monoisotopic (exact) mass is 266 g/mol. The van der Waals surface area contributed by atoms with E-state index in [9.17, 15) is 0 Å². The van der Waals surface area contributed by atoms with Gasteiger partial charge in [-0.2, -0.15) is 0 Å². The first kappa shape index (κ1) is 11.4. The van der Waals surface area contributed by atoms with Gasteiger partial charge in [0.1, 0.15) is 11.3 Å². The van der Waals surface area contributed by atoms with Crippen LogP contribution in [-0.2, 0) is 0 Å². The molecule has 3 aromatic rings. The molecule has 100 valence electrons. The predicted octanol–water partition coefficient (Wildman–Crippen LogP) is 3.17. The summed E-state index contributed by atoms with van der Waals surface area (Å²) in [6, 6.07) is 10.4. The van der Waals surface area contributed by atoms with E-state index in [1.807, 2.05) is 37.3 Å². The lowest BCUT2D eigenvalue weighted by Gasteiger charge is -2.03. The van der Waals surface area contributed by atoms with Crippen LogP contribution >= 0.6 is 0 Å². The summed E-state index contributed by atoms with van der Waals surface area (Å²) in [5, 5.41) is 11.8. The summed E-state index contributed by atoms with van der Waals surface area (Å²) in [7, 11) is 0. The summed E-state index contributed by atoms with van der Waals surface area (Å²) in [6.45, 7) is 1.85. The molecule has 1 saturated carbocycles. The summed E-state index contributed by atoms with van der Waals surface area (Å²) < 4.78 is 5.47. The second-order valence-electron chi connectivity index (χ2n) is 5.14. The minimum Gasteiger partial charge on any atom is -0.441 e. The minimum absolute atomic E-state index is 0.588. The number of oxazole rings is 1. The van der Waals surface area contributed by atoms with Gasteiger partial charge in [-0.25, -0.2) is 4.98 Å². The van der Waals surface area contributed by atoms with Crippen molar-refractivity contribution in [1.82, 2.24) is 15.2 Å². The van der Waals surface area contributed by atoms with Crippen molar-refractivity contribution in [3.63, 3.8) is 0 Å². The Morgan fingerprint density at radius 1 is 1.15 bits per heavy atom. The van der Waals surface area contributed by atoms with Crippen LogP contribution in [0.1, 0.15) is 18.7 Å². The number of nitrogens with one attached hydrogen (secondary N) is 1. The van der Waals surface area contributed by atoms with Crippen LogP contribution in [0.5, 0.6) is 0 Å². The first-order valence-corrected chi connectivity index (χ1v) is 6.76. The van der Waals surface area contributed by atoms with Gasteiger partial charge in [0.2, 0.25) is 0 Å². The molecule has 0 saturated heterocycles. The number of aryl methyl sites for hydroxylation is 1. The highest BCUT2D eigenvalue weighted by Gasteiger charge is 2.21. The van der Waals surface area contributed by atoms with E-state index < -0.39 is 0 Å². The fourth-order valence-electron chi connectivity index (χ4n) is 2.20. The Morgan fingerprint density at radius 2 is 2.05 bits per heavy atom. The molecule has 0 spiro atoms. The topological polar surface area (TPSA) is 63.8 Å². The number of aromatic nitrogens is 3. The third-order valence-electron chi connectivity index (χ3n) is 3.38. The number of hydrogen-bond donors (Lipinski definition) is 1. The summed E-state index contributed by atoms with van der Waals surface area (Å²) in [4.78, 5) is 4.34. The van der Waals surface area contributed by atoms with Crippen molar-refractivity contribution in [2.75, 3.05) is 5.32 Å². The molecule has 0 atom stereocenters. The van der Waals surface area contributed by atoms with E-state index in [1.165, 1.54) is 12.8 Å². The lowest BCUT2D eigenvalue weighted by molar-refractivity contribution is 0.561. The number of hydrogen-bond acceptors (Lipinski definition) is 5. The Balaban J connectivity index is 1.66. The molecule has 5 heteroatoms. The van der Waals surface area contributed by atoms with Gasteiger partial charge in [0.25, 0.3) is 0 Å². The van der Waals surface area contributed by atoms with Gasteiger partial charge in [-0.05, 0) is 43.2 Å². The molecular formula is C15H14N4O. The van der Waals surface area contributed by atoms with E-state index in [-0.39, 0.29) is 0 Å². The van der Waals surface area contributed by atoms with E-state index in [0.29, 0.717) is 11.9 Å². The molecule has 0 radical (unpaired) electrons. The second-order valence-corrected chi connectivity index (χ2v) is 5.14. The van der Waals surface area contributed by atoms with Gasteiger partial charge in [0.05, 0.1) is 5.69 Å². The maximum atomic E-state index is 5.47. The second kappa shape index (κ2) is 4.30. The molecule has 0 aliphatic heterocycles. The van der Waals surface area contributed by atoms with Crippen molar-refractivity contribution in [2.45, 2.75) is 25.8 Å². The highest BCUT2D eigenvalue weighted by Crippen LogP contribution is 2.25. The zero-order chi connectivity index (χ0) is 13.5. The molecule has 0 amide bonds. The fraction of sp³-hybridized carbons (Fsp3) is 0.267. The highest BCUT2D eigenvalue weighted by atomic mass is 16.3. The molecule has 1 aliphatic rings. The maximum absolute atomic E-state index is 5.47. The van der Waals surface area contributed by atoms with Gasteiger partial charge in [0.15, 0.2) is 11.5 Å². The molecule has 20 heavy (non-hydrogen) atoms. The first-order valence-electron chi connectivity index (χ1n) is 6.76. The smallest absolute Gasteiger partial charge is 0.192 e. The average Bonchev–Trinajstić information content (AvgIpc) is 3.18. The lowest BCUT2D eigenvalue weighted by Crippen LogP contribution is -2.03. The largest absolute Gasteiger partial charge is 0.441 e. The third kappa shape index (κ3) is 2.11. The van der Waals surface area contributed by atoms with E-state index in [4.69, 9.17) is 4.42 Å². The van der Waals surface area contributed by atoms with Crippen molar-refractivity contribution in [1.29, 1.82) is 0 Å². The van der Waals surface area contributed by atoms with Crippen molar-refractivity contribution < 1.29 is 4.42 Å². The molecule has 0 unspecified atom stereocenters. The van der Waals surface area contributed by atoms with Gasteiger partial charge in [-0.15, -0.1) is 10.2 Å². The van der Waals surface area contributed by atoms with Gasteiger partial charge < -0.3 is 9.73 Å². The van der Waals surface area contributed by atoms with Crippen LogP contribution in [0.4, 0.5) is 5.82 Å². The predicted molar refractivity (Wildman–Crippen MR) is 76.4 cm³/mol. The maximum Gasteiger partial charge on any atom is 0.192 e. The van der Waals surface area contributed by atoms with Gasteiger partial charge in [0, 0.05) is 18.5 Å². The van der Waals surface area contributed by atoms with Crippen molar-refractivity contribution >= 4 is 16.9 Å². The Hall–Kier alpha value is -2.43.